The molecular formula is C20H21N5O3. The van der Waals surface area contributed by atoms with Gasteiger partial charge in [-0.2, -0.15) is 5.10 Å². The summed E-state index contributed by atoms with van der Waals surface area (Å²) in [6, 6.07) is 7.29. The van der Waals surface area contributed by atoms with Crippen molar-refractivity contribution in [3.63, 3.8) is 0 Å². The number of benzene rings is 1. The highest BCUT2D eigenvalue weighted by Gasteiger charge is 2.42. The maximum Gasteiger partial charge on any atom is 0.271 e. The fourth-order valence-corrected chi connectivity index (χ4v) is 3.59. The standard InChI is InChI=1S/C20H21N5O3/c1-24-11-9-20(28,19(24)27)8-7-13-4-2-5-14(12-13)25-15-6-3-10-22-16(15)17(23-25)18(21)26/h2,4-5,12,22,28H,3,6,9-11H2,1H3,(H2,21,26)/t20-/m0/s1. The van der Waals surface area contributed by atoms with Crippen molar-refractivity contribution in [3.05, 3.63) is 41.2 Å². The molecule has 3 heterocycles. The van der Waals surface area contributed by atoms with E-state index in [0.29, 0.717) is 17.8 Å². The summed E-state index contributed by atoms with van der Waals surface area (Å²) in [6.45, 7) is 1.25. The number of rotatable bonds is 2. The Hall–Kier alpha value is -3.31. The third-order valence-corrected chi connectivity index (χ3v) is 5.12. The maximum atomic E-state index is 12.1. The highest BCUT2D eigenvalue weighted by Crippen LogP contribution is 2.28. The van der Waals surface area contributed by atoms with Crippen LogP contribution in [-0.2, 0) is 11.2 Å². The molecule has 1 aromatic heterocycles. The van der Waals surface area contributed by atoms with Crippen LogP contribution in [0.4, 0.5) is 5.69 Å². The van der Waals surface area contributed by atoms with Gasteiger partial charge in [0.25, 0.3) is 11.8 Å². The average molecular weight is 379 g/mol. The molecule has 4 rings (SSSR count). The average Bonchev–Trinajstić information content (AvgIpc) is 3.21. The molecule has 144 valence electrons. The van der Waals surface area contributed by atoms with Crippen molar-refractivity contribution < 1.29 is 14.7 Å². The van der Waals surface area contributed by atoms with E-state index in [1.807, 2.05) is 18.2 Å². The van der Waals surface area contributed by atoms with E-state index < -0.39 is 11.5 Å². The van der Waals surface area contributed by atoms with Gasteiger partial charge in [0.1, 0.15) is 0 Å². The number of nitrogens with zero attached hydrogens (tertiary/aromatic N) is 3. The van der Waals surface area contributed by atoms with Crippen molar-refractivity contribution in [2.75, 3.05) is 25.5 Å². The first-order valence-electron chi connectivity index (χ1n) is 9.16. The first-order valence-corrected chi connectivity index (χ1v) is 9.16. The number of anilines is 1. The smallest absolute Gasteiger partial charge is 0.271 e. The van der Waals surface area contributed by atoms with Crippen LogP contribution >= 0.6 is 0 Å². The van der Waals surface area contributed by atoms with E-state index in [2.05, 4.69) is 22.3 Å². The van der Waals surface area contributed by atoms with Gasteiger partial charge in [-0.1, -0.05) is 17.9 Å². The summed E-state index contributed by atoms with van der Waals surface area (Å²) in [7, 11) is 1.65. The monoisotopic (exact) mass is 379 g/mol. The van der Waals surface area contributed by atoms with Crippen LogP contribution in [0.1, 0.15) is 34.6 Å². The number of aliphatic hydroxyl groups is 1. The minimum atomic E-state index is -1.64. The molecule has 8 nitrogen and oxygen atoms in total. The van der Waals surface area contributed by atoms with Crippen molar-refractivity contribution >= 4 is 17.5 Å². The number of carbonyl (C=O) groups excluding carboxylic acids is 2. The summed E-state index contributed by atoms with van der Waals surface area (Å²) in [5.41, 5.74) is 7.02. The van der Waals surface area contributed by atoms with Crippen LogP contribution in [0.5, 0.6) is 0 Å². The van der Waals surface area contributed by atoms with E-state index in [0.717, 1.165) is 30.8 Å². The number of nitrogens with one attached hydrogen (secondary N) is 1. The van der Waals surface area contributed by atoms with Crippen LogP contribution in [-0.4, -0.2) is 57.3 Å². The summed E-state index contributed by atoms with van der Waals surface area (Å²) < 4.78 is 1.70. The Morgan fingerprint density at radius 3 is 2.96 bits per heavy atom. The molecule has 0 bridgehead atoms. The quantitative estimate of drug-likeness (QED) is 0.649. The largest absolute Gasteiger partial charge is 0.382 e. The molecule has 2 aliphatic rings. The fourth-order valence-electron chi connectivity index (χ4n) is 3.59. The van der Waals surface area contributed by atoms with E-state index in [1.54, 1.807) is 17.8 Å². The second kappa shape index (κ2) is 6.69. The second-order valence-electron chi connectivity index (χ2n) is 7.11. The number of likely N-dealkylation sites (N-methyl/N-ethyl adjacent to an activating group) is 1. The van der Waals surface area contributed by atoms with Gasteiger partial charge in [-0.25, -0.2) is 4.68 Å². The Balaban J connectivity index is 1.71. The number of likely N-dealkylation sites (tertiary alicyclic amines) is 1. The predicted molar refractivity (Wildman–Crippen MR) is 103 cm³/mol. The van der Waals surface area contributed by atoms with Crippen molar-refractivity contribution in [2.45, 2.75) is 24.9 Å². The highest BCUT2D eigenvalue weighted by molar-refractivity contribution is 5.97. The van der Waals surface area contributed by atoms with E-state index in [1.165, 1.54) is 4.90 Å². The van der Waals surface area contributed by atoms with Crippen molar-refractivity contribution in [1.82, 2.24) is 14.7 Å². The molecule has 4 N–H and O–H groups in total. The molecule has 1 aromatic carbocycles. The molecule has 0 spiro atoms. The lowest BCUT2D eigenvalue weighted by atomic mass is 10.0. The number of hydrogen-bond acceptors (Lipinski definition) is 5. The van der Waals surface area contributed by atoms with Crippen molar-refractivity contribution in [3.8, 4) is 17.5 Å². The van der Waals surface area contributed by atoms with Gasteiger partial charge < -0.3 is 21.1 Å². The topological polar surface area (TPSA) is 113 Å². The Bertz CT molecular complexity index is 1030. The third-order valence-electron chi connectivity index (χ3n) is 5.12. The number of hydrogen-bond donors (Lipinski definition) is 3. The summed E-state index contributed by atoms with van der Waals surface area (Å²) in [6.07, 6.45) is 1.99. The van der Waals surface area contributed by atoms with E-state index in [4.69, 9.17) is 5.73 Å². The van der Waals surface area contributed by atoms with Gasteiger partial charge in [0.15, 0.2) is 5.69 Å². The molecule has 2 amide bonds. The first kappa shape index (κ1) is 18.1. The van der Waals surface area contributed by atoms with E-state index in [-0.39, 0.29) is 18.0 Å². The molecule has 8 heteroatoms. The lowest BCUT2D eigenvalue weighted by Crippen LogP contribution is -2.37. The van der Waals surface area contributed by atoms with Gasteiger partial charge in [0.05, 0.1) is 17.1 Å². The minimum absolute atomic E-state index is 0.222. The number of fused-ring (bicyclic) bond motifs is 1. The van der Waals surface area contributed by atoms with Gasteiger partial charge >= 0.3 is 0 Å². The zero-order valence-electron chi connectivity index (χ0n) is 15.5. The SMILES string of the molecule is CN1CC[C@@](O)(C#Cc2cccc(-n3nc(C(N)=O)c4c3CCCN4)c2)C1=O. The van der Waals surface area contributed by atoms with Gasteiger partial charge in [-0.3, -0.25) is 9.59 Å². The summed E-state index contributed by atoms with van der Waals surface area (Å²) in [5, 5.41) is 18.1. The Morgan fingerprint density at radius 2 is 2.25 bits per heavy atom. The Labute approximate surface area is 162 Å². The van der Waals surface area contributed by atoms with Gasteiger partial charge in [-0.15, -0.1) is 0 Å². The fraction of sp³-hybridized carbons (Fsp3) is 0.350. The van der Waals surface area contributed by atoms with Gasteiger partial charge in [-0.05, 0) is 31.0 Å². The number of aromatic nitrogens is 2. The van der Waals surface area contributed by atoms with Crippen LogP contribution in [0.3, 0.4) is 0 Å². The molecule has 1 saturated heterocycles. The van der Waals surface area contributed by atoms with Crippen LogP contribution < -0.4 is 11.1 Å². The number of nitrogens with two attached hydrogens (primary N) is 1. The zero-order valence-corrected chi connectivity index (χ0v) is 15.5. The molecule has 28 heavy (non-hydrogen) atoms. The van der Waals surface area contributed by atoms with Gasteiger partial charge in [0, 0.05) is 32.1 Å². The normalized spacial score (nSPS) is 20.9. The molecule has 0 aliphatic carbocycles. The summed E-state index contributed by atoms with van der Waals surface area (Å²) in [5.74, 6) is 4.66. The number of amides is 2. The molecule has 1 fully saturated rings. The lowest BCUT2D eigenvalue weighted by molar-refractivity contribution is -0.137. The minimum Gasteiger partial charge on any atom is -0.382 e. The molecule has 0 saturated carbocycles. The van der Waals surface area contributed by atoms with Gasteiger partial charge in [0.2, 0.25) is 5.60 Å². The molecular weight excluding hydrogens is 358 g/mol. The van der Waals surface area contributed by atoms with Crippen LogP contribution in [0.2, 0.25) is 0 Å². The summed E-state index contributed by atoms with van der Waals surface area (Å²) in [4.78, 5) is 25.3. The predicted octanol–water partition coefficient (Wildman–Crippen LogP) is 0.274. The van der Waals surface area contributed by atoms with Crippen LogP contribution in [0.15, 0.2) is 24.3 Å². The molecule has 1 atom stereocenters. The second-order valence-corrected chi connectivity index (χ2v) is 7.11. The van der Waals surface area contributed by atoms with Crippen molar-refractivity contribution in [1.29, 1.82) is 0 Å². The Kier molecular flexibility index (Phi) is 4.32. The molecule has 0 unspecified atom stereocenters. The summed E-state index contributed by atoms with van der Waals surface area (Å²) >= 11 is 0. The number of primary amides is 1. The highest BCUT2D eigenvalue weighted by atomic mass is 16.3. The third kappa shape index (κ3) is 3.00. The lowest BCUT2D eigenvalue weighted by Gasteiger charge is -2.16. The Morgan fingerprint density at radius 1 is 1.43 bits per heavy atom. The van der Waals surface area contributed by atoms with Crippen LogP contribution in [0.25, 0.3) is 5.69 Å². The van der Waals surface area contributed by atoms with E-state index in [9.17, 15) is 14.7 Å². The molecule has 0 radical (unpaired) electrons. The van der Waals surface area contributed by atoms with E-state index >= 15 is 0 Å². The molecule has 2 aromatic rings. The zero-order chi connectivity index (χ0) is 19.9. The molecule has 2 aliphatic heterocycles. The first-order chi connectivity index (χ1) is 13.4. The van der Waals surface area contributed by atoms with Crippen LogP contribution in [0, 0.1) is 11.8 Å². The number of carbonyl (C=O) groups is 2. The maximum absolute atomic E-state index is 12.1. The van der Waals surface area contributed by atoms with Crippen molar-refractivity contribution in [2.24, 2.45) is 5.73 Å².